The lowest BCUT2D eigenvalue weighted by molar-refractivity contribution is 1.30. The Kier molecular flexibility index (Phi) is 8.95. The molecule has 0 bridgehead atoms. The molecule has 1 nitrogen and oxygen atoms in total. The Morgan fingerprint density at radius 3 is 1.32 bits per heavy atom. The maximum Gasteiger partial charge on any atom is 0.0540 e. The van der Waals surface area contributed by atoms with E-state index in [1.807, 2.05) is 0 Å². The molecule has 10 rings (SSSR count). The Labute approximate surface area is 334 Å². The number of nitrogens with zero attached hydrogens (tertiary/aromatic N) is 1. The van der Waals surface area contributed by atoms with Crippen LogP contribution in [0.3, 0.4) is 0 Å². The molecule has 0 amide bonds. The first kappa shape index (κ1) is 34.0. The minimum atomic E-state index is 1.09. The molecule has 0 saturated heterocycles. The Morgan fingerprint density at radius 1 is 0.211 bits per heavy atom. The first-order chi connectivity index (χ1) is 28.3. The van der Waals surface area contributed by atoms with Gasteiger partial charge in [0.1, 0.15) is 0 Å². The molecule has 0 fully saturated rings. The molecule has 0 spiro atoms. The Bertz CT molecular complexity index is 2990. The van der Waals surface area contributed by atoms with Crippen molar-refractivity contribution in [2.75, 3.05) is 4.90 Å². The summed E-state index contributed by atoms with van der Waals surface area (Å²) >= 11 is 0. The van der Waals surface area contributed by atoms with Crippen molar-refractivity contribution >= 4 is 38.6 Å². The van der Waals surface area contributed by atoms with Gasteiger partial charge < -0.3 is 4.90 Å². The summed E-state index contributed by atoms with van der Waals surface area (Å²) in [6.45, 7) is 0. The zero-order valence-electron chi connectivity index (χ0n) is 31.5. The van der Waals surface area contributed by atoms with Crippen molar-refractivity contribution in [1.29, 1.82) is 0 Å². The first-order valence-corrected chi connectivity index (χ1v) is 19.6. The molecule has 1 heteroatoms. The van der Waals surface area contributed by atoms with Crippen LogP contribution in [0.25, 0.3) is 77.2 Å². The van der Waals surface area contributed by atoms with Crippen molar-refractivity contribution in [2.24, 2.45) is 0 Å². The van der Waals surface area contributed by atoms with Crippen LogP contribution in [-0.4, -0.2) is 0 Å². The second kappa shape index (κ2) is 15.0. The van der Waals surface area contributed by atoms with Gasteiger partial charge in [-0.15, -0.1) is 0 Å². The minimum Gasteiger partial charge on any atom is -0.309 e. The molecule has 10 aromatic rings. The number of para-hydroxylation sites is 1. The van der Waals surface area contributed by atoms with E-state index in [9.17, 15) is 0 Å². The molecule has 0 atom stereocenters. The van der Waals surface area contributed by atoms with Crippen LogP contribution in [0.4, 0.5) is 17.1 Å². The fraction of sp³-hybridized carbons (Fsp3) is 0. The second-order valence-electron chi connectivity index (χ2n) is 14.5. The summed E-state index contributed by atoms with van der Waals surface area (Å²) in [5, 5.41) is 4.93. The number of hydrogen-bond acceptors (Lipinski definition) is 1. The van der Waals surface area contributed by atoms with Crippen molar-refractivity contribution in [3.63, 3.8) is 0 Å². The normalized spacial score (nSPS) is 11.2. The predicted octanol–water partition coefficient (Wildman–Crippen LogP) is 15.8. The number of anilines is 3. The summed E-state index contributed by atoms with van der Waals surface area (Å²) in [7, 11) is 0. The van der Waals surface area contributed by atoms with E-state index in [1.165, 1.54) is 71.6 Å². The maximum atomic E-state index is 2.44. The standard InChI is InChI=1S/C56H39N/c1-2-16-42(17-3-1)49-23-8-9-25-51(49)52-26-10-11-27-53(52)54-28-12-13-30-56(54)57(55-31-15-21-44-19-5-7-24-50(44)55)46-38-36-41(37-39-46)40-32-34-45(35-33-40)48-29-14-20-43-18-4-6-22-47(43)48/h1-39H. The van der Waals surface area contributed by atoms with E-state index in [0.29, 0.717) is 0 Å². The molecule has 0 aliphatic carbocycles. The monoisotopic (exact) mass is 725 g/mol. The predicted molar refractivity (Wildman–Crippen MR) is 243 cm³/mol. The first-order valence-electron chi connectivity index (χ1n) is 19.6. The summed E-state index contributed by atoms with van der Waals surface area (Å²) in [5.41, 5.74) is 15.4. The summed E-state index contributed by atoms with van der Waals surface area (Å²) in [6.07, 6.45) is 0. The molecule has 10 aromatic carbocycles. The third kappa shape index (κ3) is 6.46. The molecule has 0 heterocycles. The fourth-order valence-electron chi connectivity index (χ4n) is 8.37. The summed E-state index contributed by atoms with van der Waals surface area (Å²) in [6, 6.07) is 85.6. The quantitative estimate of drug-likeness (QED) is 0.151. The van der Waals surface area contributed by atoms with Gasteiger partial charge in [-0.05, 0) is 90.5 Å². The smallest absolute Gasteiger partial charge is 0.0540 e. The van der Waals surface area contributed by atoms with E-state index in [-0.39, 0.29) is 0 Å². The SMILES string of the molecule is c1ccc(-c2ccccc2-c2ccccc2-c2ccccc2N(c2ccc(-c3ccc(-c4cccc5ccccc45)cc3)cc2)c2cccc3ccccc23)cc1. The molecular weight excluding hydrogens is 687 g/mol. The third-order valence-electron chi connectivity index (χ3n) is 11.1. The van der Waals surface area contributed by atoms with Gasteiger partial charge in [0, 0.05) is 16.6 Å². The van der Waals surface area contributed by atoms with E-state index in [0.717, 1.165) is 22.6 Å². The van der Waals surface area contributed by atoms with Crippen LogP contribution < -0.4 is 4.90 Å². The average Bonchev–Trinajstić information content (AvgIpc) is 3.30. The van der Waals surface area contributed by atoms with Crippen LogP contribution >= 0.6 is 0 Å². The number of hydrogen-bond donors (Lipinski definition) is 0. The minimum absolute atomic E-state index is 1.09. The summed E-state index contributed by atoms with van der Waals surface area (Å²) in [5.74, 6) is 0. The highest BCUT2D eigenvalue weighted by Gasteiger charge is 2.21. The molecule has 0 aliphatic rings. The van der Waals surface area contributed by atoms with Crippen LogP contribution in [0.15, 0.2) is 237 Å². The maximum absolute atomic E-state index is 2.44. The lowest BCUT2D eigenvalue weighted by atomic mass is 9.88. The average molecular weight is 726 g/mol. The van der Waals surface area contributed by atoms with Crippen molar-refractivity contribution in [2.45, 2.75) is 0 Å². The third-order valence-corrected chi connectivity index (χ3v) is 11.1. The molecular formula is C56H39N. The molecule has 0 radical (unpaired) electrons. The van der Waals surface area contributed by atoms with Gasteiger partial charge >= 0.3 is 0 Å². The largest absolute Gasteiger partial charge is 0.309 e. The van der Waals surface area contributed by atoms with Crippen LogP contribution in [-0.2, 0) is 0 Å². The zero-order valence-corrected chi connectivity index (χ0v) is 31.5. The topological polar surface area (TPSA) is 3.24 Å². The van der Waals surface area contributed by atoms with Crippen LogP contribution in [0.5, 0.6) is 0 Å². The van der Waals surface area contributed by atoms with E-state index in [1.54, 1.807) is 0 Å². The van der Waals surface area contributed by atoms with Crippen molar-refractivity contribution in [3.05, 3.63) is 237 Å². The van der Waals surface area contributed by atoms with Crippen molar-refractivity contribution in [1.82, 2.24) is 0 Å². The summed E-state index contributed by atoms with van der Waals surface area (Å²) < 4.78 is 0. The lowest BCUT2D eigenvalue weighted by Crippen LogP contribution is -2.12. The van der Waals surface area contributed by atoms with E-state index < -0.39 is 0 Å². The molecule has 57 heavy (non-hydrogen) atoms. The van der Waals surface area contributed by atoms with Crippen LogP contribution in [0.2, 0.25) is 0 Å². The van der Waals surface area contributed by atoms with Gasteiger partial charge in [-0.1, -0.05) is 212 Å². The number of rotatable bonds is 8. The van der Waals surface area contributed by atoms with Gasteiger partial charge in [-0.3, -0.25) is 0 Å². The van der Waals surface area contributed by atoms with Gasteiger partial charge in [0.15, 0.2) is 0 Å². The van der Waals surface area contributed by atoms with E-state index in [2.05, 4.69) is 241 Å². The van der Waals surface area contributed by atoms with E-state index >= 15 is 0 Å². The van der Waals surface area contributed by atoms with Gasteiger partial charge in [-0.2, -0.15) is 0 Å². The lowest BCUT2D eigenvalue weighted by Gasteiger charge is -2.29. The molecule has 0 saturated carbocycles. The Hall–Kier alpha value is -7.48. The Morgan fingerprint density at radius 2 is 0.614 bits per heavy atom. The van der Waals surface area contributed by atoms with Gasteiger partial charge in [0.05, 0.1) is 11.4 Å². The summed E-state index contributed by atoms with van der Waals surface area (Å²) in [4.78, 5) is 2.44. The van der Waals surface area contributed by atoms with Gasteiger partial charge in [-0.25, -0.2) is 0 Å². The highest BCUT2D eigenvalue weighted by Crippen LogP contribution is 2.46. The highest BCUT2D eigenvalue weighted by atomic mass is 15.1. The van der Waals surface area contributed by atoms with Crippen LogP contribution in [0, 0.1) is 0 Å². The highest BCUT2D eigenvalue weighted by molar-refractivity contribution is 6.03. The van der Waals surface area contributed by atoms with E-state index in [4.69, 9.17) is 0 Å². The van der Waals surface area contributed by atoms with Crippen LogP contribution in [0.1, 0.15) is 0 Å². The molecule has 0 N–H and O–H groups in total. The number of fused-ring (bicyclic) bond motifs is 2. The second-order valence-corrected chi connectivity index (χ2v) is 14.5. The number of benzene rings is 10. The molecule has 0 unspecified atom stereocenters. The van der Waals surface area contributed by atoms with Crippen molar-refractivity contribution in [3.8, 4) is 55.6 Å². The Balaban J connectivity index is 1.09. The molecule has 0 aliphatic heterocycles. The zero-order chi connectivity index (χ0) is 38.0. The molecule has 0 aromatic heterocycles. The fourth-order valence-corrected chi connectivity index (χ4v) is 8.37. The molecule has 268 valence electrons. The van der Waals surface area contributed by atoms with Gasteiger partial charge in [0.2, 0.25) is 0 Å². The van der Waals surface area contributed by atoms with Crippen molar-refractivity contribution < 1.29 is 0 Å². The van der Waals surface area contributed by atoms with Gasteiger partial charge in [0.25, 0.3) is 0 Å².